The van der Waals surface area contributed by atoms with E-state index in [4.69, 9.17) is 5.84 Å². The number of nitrogens with one attached hydrogen (secondary N) is 2. The molecule has 1 aromatic heterocycles. The highest BCUT2D eigenvalue weighted by Gasteiger charge is 2.40. The minimum absolute atomic E-state index is 0.343. The molecule has 1 fully saturated rings. The van der Waals surface area contributed by atoms with E-state index in [9.17, 15) is 19.8 Å². The molecular weight excluding hydrogens is 619 g/mol. The summed E-state index contributed by atoms with van der Waals surface area (Å²) in [6, 6.07) is 6.43. The van der Waals surface area contributed by atoms with E-state index in [0.717, 1.165) is 26.6 Å². The first kappa shape index (κ1) is 26.6. The van der Waals surface area contributed by atoms with E-state index in [1.54, 1.807) is 19.3 Å². The maximum absolute atomic E-state index is 12.9. The standard InChI is InChI=1S/C22H28BrIN6O4/c1-13(14-5-7-15(8-6-14)30(25)11-3-9-24)27-21(33)19(31)20(32)22(34)29-10-2-4-17(29)18-16(23)12-26-28-18/h3,5-8,11-13,17,19-20,31-32H,2,4,9-10,25H2,1H3,(H,26,28)(H,27,33)/b11-3-/t13-,17-,19-,20-/m1/s1. The van der Waals surface area contributed by atoms with Crippen LogP contribution in [-0.2, 0) is 9.59 Å². The van der Waals surface area contributed by atoms with Gasteiger partial charge in [-0.3, -0.25) is 19.7 Å². The molecule has 2 amide bonds. The van der Waals surface area contributed by atoms with E-state index >= 15 is 0 Å². The number of carbonyl (C=O) groups is 2. The Balaban J connectivity index is 1.60. The van der Waals surface area contributed by atoms with Crippen LogP contribution < -0.4 is 16.2 Å². The molecule has 3 rings (SSSR count). The lowest BCUT2D eigenvalue weighted by Gasteiger charge is -2.28. The second-order valence-electron chi connectivity index (χ2n) is 7.97. The Morgan fingerprint density at radius 2 is 2.09 bits per heavy atom. The van der Waals surface area contributed by atoms with Crippen LogP contribution in [0.4, 0.5) is 5.69 Å². The van der Waals surface area contributed by atoms with Crippen LogP contribution in [0.5, 0.6) is 0 Å². The molecule has 2 heterocycles. The molecule has 0 bridgehead atoms. The summed E-state index contributed by atoms with van der Waals surface area (Å²) in [4.78, 5) is 26.9. The number of benzene rings is 1. The van der Waals surface area contributed by atoms with Crippen LogP contribution in [0.2, 0.25) is 0 Å². The average molecular weight is 647 g/mol. The minimum Gasteiger partial charge on any atom is -0.380 e. The third-order valence-electron chi connectivity index (χ3n) is 5.70. The fourth-order valence-electron chi connectivity index (χ4n) is 3.84. The number of halogens is 2. The van der Waals surface area contributed by atoms with Crippen LogP contribution in [0.1, 0.15) is 43.1 Å². The van der Waals surface area contributed by atoms with Gasteiger partial charge in [0.05, 0.1) is 27.9 Å². The molecule has 0 radical (unpaired) electrons. The van der Waals surface area contributed by atoms with Crippen molar-refractivity contribution >= 4 is 56.0 Å². The van der Waals surface area contributed by atoms with Gasteiger partial charge in [-0.15, -0.1) is 0 Å². The molecule has 0 unspecified atom stereocenters. The Morgan fingerprint density at radius 3 is 2.71 bits per heavy atom. The monoisotopic (exact) mass is 646 g/mol. The van der Waals surface area contributed by atoms with Gasteiger partial charge in [0.15, 0.2) is 12.2 Å². The fourth-order valence-corrected chi connectivity index (χ4v) is 4.52. The van der Waals surface area contributed by atoms with Crippen molar-refractivity contribution in [3.63, 3.8) is 0 Å². The molecule has 0 saturated carbocycles. The molecule has 12 heteroatoms. The zero-order valence-electron chi connectivity index (χ0n) is 18.6. The van der Waals surface area contributed by atoms with Gasteiger partial charge in [-0.1, -0.05) is 40.8 Å². The van der Waals surface area contributed by atoms with Gasteiger partial charge in [-0.25, -0.2) is 5.84 Å². The first-order valence-corrected chi connectivity index (χ1v) is 13.1. The summed E-state index contributed by atoms with van der Waals surface area (Å²) in [5, 5.41) is 31.9. The summed E-state index contributed by atoms with van der Waals surface area (Å²) >= 11 is 5.61. The molecule has 184 valence electrons. The quantitative estimate of drug-likeness (QED) is 0.121. The Kier molecular flexibility index (Phi) is 9.47. The predicted molar refractivity (Wildman–Crippen MR) is 140 cm³/mol. The lowest BCUT2D eigenvalue weighted by Crippen LogP contribution is -2.51. The highest BCUT2D eigenvalue weighted by Crippen LogP contribution is 2.35. The largest absolute Gasteiger partial charge is 0.380 e. The Bertz CT molecular complexity index is 1020. The lowest BCUT2D eigenvalue weighted by atomic mass is 10.1. The summed E-state index contributed by atoms with van der Waals surface area (Å²) in [5.41, 5.74) is 2.20. The maximum atomic E-state index is 12.9. The molecule has 0 aliphatic carbocycles. The molecule has 6 N–H and O–H groups in total. The highest BCUT2D eigenvalue weighted by molar-refractivity contribution is 14.1. The predicted octanol–water partition coefficient (Wildman–Crippen LogP) is 2.06. The number of hydrogen-bond donors (Lipinski definition) is 5. The molecule has 34 heavy (non-hydrogen) atoms. The van der Waals surface area contributed by atoms with Crippen LogP contribution in [-0.4, -0.2) is 60.3 Å². The molecule has 0 spiro atoms. The SMILES string of the molecule is C[C@@H](NC(=O)[C@H](O)[C@@H](O)C(=O)N1CCC[C@@H]1c1n[nH]cc1Br)c1ccc(N(N)/C=C\CI)cc1. The van der Waals surface area contributed by atoms with E-state index in [2.05, 4.69) is 54.0 Å². The molecule has 10 nitrogen and oxygen atoms in total. The molecule has 1 aromatic carbocycles. The number of aromatic amines is 1. The van der Waals surface area contributed by atoms with Gasteiger partial charge in [0.2, 0.25) is 0 Å². The van der Waals surface area contributed by atoms with Crippen LogP contribution >= 0.6 is 38.5 Å². The van der Waals surface area contributed by atoms with Crippen LogP contribution in [0.3, 0.4) is 0 Å². The van der Waals surface area contributed by atoms with Crippen molar-refractivity contribution in [2.75, 3.05) is 16.0 Å². The van der Waals surface area contributed by atoms with Gasteiger partial charge in [0, 0.05) is 23.4 Å². The van der Waals surface area contributed by atoms with E-state index in [0.29, 0.717) is 18.7 Å². The lowest BCUT2D eigenvalue weighted by molar-refractivity contribution is -0.154. The number of rotatable bonds is 9. The first-order valence-electron chi connectivity index (χ1n) is 10.8. The number of alkyl halides is 1. The molecule has 1 aliphatic rings. The van der Waals surface area contributed by atoms with E-state index in [1.165, 1.54) is 9.91 Å². The molecule has 1 saturated heterocycles. The van der Waals surface area contributed by atoms with Crippen LogP contribution in [0.25, 0.3) is 0 Å². The van der Waals surface area contributed by atoms with Crippen molar-refractivity contribution in [2.24, 2.45) is 5.84 Å². The number of likely N-dealkylation sites (tertiary alicyclic amines) is 1. The summed E-state index contributed by atoms with van der Waals surface area (Å²) in [6.07, 6.45) is 2.95. The number of allylic oxidation sites excluding steroid dienone is 1. The third-order valence-corrected chi connectivity index (χ3v) is 6.84. The summed E-state index contributed by atoms with van der Waals surface area (Å²) in [6.45, 7) is 2.15. The van der Waals surface area contributed by atoms with Crippen LogP contribution in [0, 0.1) is 0 Å². The van der Waals surface area contributed by atoms with Crippen LogP contribution in [0.15, 0.2) is 47.2 Å². The van der Waals surface area contributed by atoms with Gasteiger partial charge in [-0.2, -0.15) is 5.10 Å². The molecule has 2 aromatic rings. The fraction of sp³-hybridized carbons (Fsp3) is 0.409. The second kappa shape index (κ2) is 12.1. The van der Waals surface area contributed by atoms with Crippen molar-refractivity contribution in [2.45, 2.75) is 44.1 Å². The van der Waals surface area contributed by atoms with E-state index < -0.39 is 30.1 Å². The first-order chi connectivity index (χ1) is 16.2. The Labute approximate surface area is 219 Å². The Hall–Kier alpha value is -2.00. The number of amides is 2. The summed E-state index contributed by atoms with van der Waals surface area (Å²) < 4.78 is 1.56. The highest BCUT2D eigenvalue weighted by atomic mass is 127. The van der Waals surface area contributed by atoms with Gasteiger partial charge >= 0.3 is 0 Å². The summed E-state index contributed by atoms with van der Waals surface area (Å²) in [7, 11) is 0. The number of carbonyl (C=O) groups excluding carboxylic acids is 2. The summed E-state index contributed by atoms with van der Waals surface area (Å²) in [5.74, 6) is 4.42. The van der Waals surface area contributed by atoms with Gasteiger partial charge in [0.1, 0.15) is 0 Å². The van der Waals surface area contributed by atoms with Gasteiger partial charge in [-0.05, 0) is 53.4 Å². The number of nitrogens with zero attached hydrogens (tertiary/aromatic N) is 3. The molecular formula is C22H28BrIN6O4. The molecule has 4 atom stereocenters. The number of hydrogen-bond acceptors (Lipinski definition) is 7. The van der Waals surface area contributed by atoms with Gasteiger partial charge < -0.3 is 20.4 Å². The number of aliphatic hydroxyl groups is 2. The zero-order chi connectivity index (χ0) is 24.8. The van der Waals surface area contributed by atoms with Gasteiger partial charge in [0.25, 0.3) is 11.8 Å². The van der Waals surface area contributed by atoms with Crippen molar-refractivity contribution in [1.29, 1.82) is 0 Å². The normalized spacial score (nSPS) is 18.6. The Morgan fingerprint density at radius 1 is 1.38 bits per heavy atom. The second-order valence-corrected chi connectivity index (χ2v) is 9.70. The van der Waals surface area contributed by atoms with Crippen molar-refractivity contribution < 1.29 is 19.8 Å². The third kappa shape index (κ3) is 6.16. The number of aromatic nitrogens is 2. The topological polar surface area (TPSA) is 148 Å². The smallest absolute Gasteiger partial charge is 0.255 e. The number of aliphatic hydroxyl groups excluding tert-OH is 2. The number of nitrogens with two attached hydrogens (primary N) is 1. The minimum atomic E-state index is -1.91. The van der Waals surface area contributed by atoms with Crippen molar-refractivity contribution in [1.82, 2.24) is 20.4 Å². The number of anilines is 1. The van der Waals surface area contributed by atoms with E-state index in [1.807, 2.05) is 30.3 Å². The maximum Gasteiger partial charge on any atom is 0.255 e. The van der Waals surface area contributed by atoms with Crippen molar-refractivity contribution in [3.05, 3.63) is 58.5 Å². The number of hydrazine groups is 1. The average Bonchev–Trinajstić information content (AvgIpc) is 3.49. The zero-order valence-corrected chi connectivity index (χ0v) is 22.3. The van der Waals surface area contributed by atoms with Crippen molar-refractivity contribution in [3.8, 4) is 0 Å². The van der Waals surface area contributed by atoms with E-state index in [-0.39, 0.29) is 6.04 Å². The molecule has 1 aliphatic heterocycles. The number of H-pyrrole nitrogens is 1.